The Bertz CT molecular complexity index is 329. The van der Waals surface area contributed by atoms with E-state index < -0.39 is 28.7 Å². The second-order valence-electron chi connectivity index (χ2n) is 5.22. The molecule has 6 heteroatoms. The van der Waals surface area contributed by atoms with E-state index >= 15 is 0 Å². The van der Waals surface area contributed by atoms with Gasteiger partial charge in [-0.1, -0.05) is 0 Å². The third-order valence-electron chi connectivity index (χ3n) is 2.29. The monoisotopic (exact) mass is 246 g/mol. The summed E-state index contributed by atoms with van der Waals surface area (Å²) >= 11 is 0. The van der Waals surface area contributed by atoms with Gasteiger partial charge >= 0.3 is 17.9 Å². The molecule has 17 heavy (non-hydrogen) atoms. The van der Waals surface area contributed by atoms with Crippen molar-refractivity contribution in [2.45, 2.75) is 34.1 Å². The number of carboxylic acid groups (broad SMARTS) is 2. The Labute approximate surface area is 99.6 Å². The van der Waals surface area contributed by atoms with Crippen molar-refractivity contribution < 1.29 is 29.3 Å². The van der Waals surface area contributed by atoms with E-state index in [0.717, 1.165) is 0 Å². The van der Waals surface area contributed by atoms with Gasteiger partial charge in [-0.3, -0.25) is 14.4 Å². The molecule has 0 heterocycles. The summed E-state index contributed by atoms with van der Waals surface area (Å²) in [6, 6.07) is 0. The van der Waals surface area contributed by atoms with Crippen LogP contribution < -0.4 is 0 Å². The van der Waals surface area contributed by atoms with Gasteiger partial charge in [0.2, 0.25) is 0 Å². The number of esters is 1. The van der Waals surface area contributed by atoms with Gasteiger partial charge in [-0.25, -0.2) is 0 Å². The van der Waals surface area contributed by atoms with Gasteiger partial charge in [0.15, 0.2) is 0 Å². The highest BCUT2D eigenvalue weighted by molar-refractivity contribution is 5.82. The SMILES string of the molecule is CC(C)(COC(=O)C(C)(C)CC(=O)O)C(=O)O. The highest BCUT2D eigenvalue weighted by Gasteiger charge is 2.35. The van der Waals surface area contributed by atoms with Crippen LogP contribution in [0.25, 0.3) is 0 Å². The van der Waals surface area contributed by atoms with Gasteiger partial charge in [0, 0.05) is 0 Å². The predicted molar refractivity (Wildman–Crippen MR) is 58.4 cm³/mol. The summed E-state index contributed by atoms with van der Waals surface area (Å²) in [6.07, 6.45) is -0.362. The molecule has 0 aliphatic carbocycles. The molecular formula is C11H18O6. The summed E-state index contributed by atoms with van der Waals surface area (Å²) in [7, 11) is 0. The molecule has 6 nitrogen and oxygen atoms in total. The zero-order chi connectivity index (χ0) is 13.9. The van der Waals surface area contributed by atoms with E-state index in [4.69, 9.17) is 14.9 Å². The average Bonchev–Trinajstić information content (AvgIpc) is 2.11. The lowest BCUT2D eigenvalue weighted by Gasteiger charge is -2.24. The van der Waals surface area contributed by atoms with Crippen LogP contribution in [0.5, 0.6) is 0 Å². The highest BCUT2D eigenvalue weighted by Crippen LogP contribution is 2.24. The van der Waals surface area contributed by atoms with Gasteiger partial charge in [-0.2, -0.15) is 0 Å². The number of carboxylic acids is 2. The van der Waals surface area contributed by atoms with E-state index in [-0.39, 0.29) is 13.0 Å². The molecule has 0 saturated carbocycles. The van der Waals surface area contributed by atoms with Gasteiger partial charge in [0.25, 0.3) is 0 Å². The molecule has 0 aliphatic rings. The maximum Gasteiger partial charge on any atom is 0.312 e. The normalized spacial score (nSPS) is 12.0. The smallest absolute Gasteiger partial charge is 0.312 e. The Kier molecular flexibility index (Phi) is 4.68. The lowest BCUT2D eigenvalue weighted by molar-refractivity contribution is -0.165. The van der Waals surface area contributed by atoms with Crippen molar-refractivity contribution in [2.75, 3.05) is 6.61 Å². The molecule has 0 unspecified atom stereocenters. The number of rotatable bonds is 6. The quantitative estimate of drug-likeness (QED) is 0.681. The molecule has 0 rings (SSSR count). The number of hydrogen-bond donors (Lipinski definition) is 2. The summed E-state index contributed by atoms with van der Waals surface area (Å²) in [5.41, 5.74) is -2.35. The van der Waals surface area contributed by atoms with E-state index in [1.807, 2.05) is 0 Å². The van der Waals surface area contributed by atoms with Crippen LogP contribution in [0.1, 0.15) is 34.1 Å². The fourth-order valence-corrected chi connectivity index (χ4v) is 0.953. The zero-order valence-electron chi connectivity index (χ0n) is 10.4. The van der Waals surface area contributed by atoms with Crippen molar-refractivity contribution >= 4 is 17.9 Å². The summed E-state index contributed by atoms with van der Waals surface area (Å²) in [5.74, 6) is -2.90. The van der Waals surface area contributed by atoms with Crippen LogP contribution in [0.2, 0.25) is 0 Å². The molecule has 0 aromatic rings. The first kappa shape index (κ1) is 15.4. The molecule has 0 aromatic carbocycles. The summed E-state index contributed by atoms with van der Waals surface area (Å²) in [6.45, 7) is 5.44. The Balaban J connectivity index is 4.46. The molecule has 0 spiro atoms. The Morgan fingerprint density at radius 1 is 1.00 bits per heavy atom. The first-order valence-corrected chi connectivity index (χ1v) is 5.11. The number of ether oxygens (including phenoxy) is 1. The van der Waals surface area contributed by atoms with E-state index in [9.17, 15) is 14.4 Å². The fourth-order valence-electron chi connectivity index (χ4n) is 0.953. The summed E-state index contributed by atoms with van der Waals surface area (Å²) in [5, 5.41) is 17.4. The molecule has 0 atom stereocenters. The molecule has 0 aromatic heterocycles. The van der Waals surface area contributed by atoms with Crippen molar-refractivity contribution in [1.29, 1.82) is 0 Å². The molecule has 98 valence electrons. The minimum atomic E-state index is -1.19. The molecule has 0 fully saturated rings. The summed E-state index contributed by atoms with van der Waals surface area (Å²) < 4.78 is 4.85. The minimum Gasteiger partial charge on any atom is -0.481 e. The van der Waals surface area contributed by atoms with Gasteiger partial charge in [0.1, 0.15) is 6.61 Å². The van der Waals surface area contributed by atoms with Gasteiger partial charge < -0.3 is 14.9 Å². The molecule has 0 amide bonds. The molecule has 2 N–H and O–H groups in total. The third kappa shape index (κ3) is 4.84. The maximum atomic E-state index is 11.6. The first-order chi connectivity index (χ1) is 7.49. The largest absolute Gasteiger partial charge is 0.481 e. The molecule has 0 saturated heterocycles. The molecule has 0 bridgehead atoms. The van der Waals surface area contributed by atoms with E-state index in [2.05, 4.69) is 0 Å². The molecule has 0 aliphatic heterocycles. The topological polar surface area (TPSA) is 101 Å². The van der Waals surface area contributed by atoms with Crippen molar-refractivity contribution in [3.05, 3.63) is 0 Å². The minimum absolute atomic E-state index is 0.287. The van der Waals surface area contributed by atoms with Crippen LogP contribution >= 0.6 is 0 Å². The second kappa shape index (κ2) is 5.16. The van der Waals surface area contributed by atoms with Crippen LogP contribution in [0.4, 0.5) is 0 Å². The number of hydrogen-bond acceptors (Lipinski definition) is 4. The van der Waals surface area contributed by atoms with Crippen LogP contribution in [0, 0.1) is 10.8 Å². The lowest BCUT2D eigenvalue weighted by atomic mass is 9.89. The Hall–Kier alpha value is -1.59. The lowest BCUT2D eigenvalue weighted by Crippen LogP contribution is -2.35. The van der Waals surface area contributed by atoms with E-state index in [1.165, 1.54) is 27.7 Å². The van der Waals surface area contributed by atoms with E-state index in [1.54, 1.807) is 0 Å². The average molecular weight is 246 g/mol. The fraction of sp³-hybridized carbons (Fsp3) is 0.727. The van der Waals surface area contributed by atoms with Crippen molar-refractivity contribution in [3.63, 3.8) is 0 Å². The van der Waals surface area contributed by atoms with Crippen LogP contribution in [0.15, 0.2) is 0 Å². The van der Waals surface area contributed by atoms with Gasteiger partial charge in [-0.05, 0) is 27.7 Å². The molecular weight excluding hydrogens is 228 g/mol. The van der Waals surface area contributed by atoms with Crippen molar-refractivity contribution in [2.24, 2.45) is 10.8 Å². The second-order valence-corrected chi connectivity index (χ2v) is 5.22. The van der Waals surface area contributed by atoms with Crippen molar-refractivity contribution in [3.8, 4) is 0 Å². The van der Waals surface area contributed by atoms with Crippen LogP contribution in [-0.2, 0) is 19.1 Å². The van der Waals surface area contributed by atoms with Crippen LogP contribution in [0.3, 0.4) is 0 Å². The maximum absolute atomic E-state index is 11.6. The summed E-state index contributed by atoms with van der Waals surface area (Å²) in [4.78, 5) is 32.9. The van der Waals surface area contributed by atoms with E-state index in [0.29, 0.717) is 0 Å². The third-order valence-corrected chi connectivity index (χ3v) is 2.29. The predicted octanol–water partition coefficient (Wildman–Crippen LogP) is 1.14. The van der Waals surface area contributed by atoms with Crippen molar-refractivity contribution in [1.82, 2.24) is 0 Å². The number of carbonyl (C=O) groups excluding carboxylic acids is 1. The molecule has 0 radical (unpaired) electrons. The first-order valence-electron chi connectivity index (χ1n) is 5.11. The van der Waals surface area contributed by atoms with Gasteiger partial charge in [-0.15, -0.1) is 0 Å². The zero-order valence-corrected chi connectivity index (χ0v) is 10.4. The number of aliphatic carboxylic acids is 2. The Morgan fingerprint density at radius 2 is 1.47 bits per heavy atom. The Morgan fingerprint density at radius 3 is 1.82 bits per heavy atom. The number of carbonyl (C=O) groups is 3. The van der Waals surface area contributed by atoms with Crippen LogP contribution in [-0.4, -0.2) is 34.7 Å². The van der Waals surface area contributed by atoms with Gasteiger partial charge in [0.05, 0.1) is 17.3 Å². The standard InChI is InChI=1S/C11H18O6/c1-10(2,5-7(12)13)9(16)17-6-11(3,4)8(14)15/h5-6H2,1-4H3,(H,12,13)(H,14,15). The highest BCUT2D eigenvalue weighted by atomic mass is 16.5.